The van der Waals surface area contributed by atoms with Crippen molar-refractivity contribution in [3.05, 3.63) is 53.6 Å². The van der Waals surface area contributed by atoms with Gasteiger partial charge in [-0.2, -0.15) is 0 Å². The number of nitrogens with zero attached hydrogens (tertiary/aromatic N) is 1. The highest BCUT2D eigenvalue weighted by Gasteiger charge is 2.27. The van der Waals surface area contributed by atoms with Gasteiger partial charge in [0.2, 0.25) is 5.75 Å². The smallest absolute Gasteiger partial charge is 0.254 e. The van der Waals surface area contributed by atoms with E-state index in [9.17, 15) is 4.79 Å². The quantitative estimate of drug-likeness (QED) is 0.623. The van der Waals surface area contributed by atoms with Gasteiger partial charge in [0.05, 0.1) is 14.2 Å². The Morgan fingerprint density at radius 1 is 1.00 bits per heavy atom. The topological polar surface area (TPSA) is 48.0 Å². The van der Waals surface area contributed by atoms with E-state index in [1.165, 1.54) is 19.3 Å². The summed E-state index contributed by atoms with van der Waals surface area (Å²) < 4.78 is 17.1. The van der Waals surface area contributed by atoms with Crippen molar-refractivity contribution in [3.63, 3.8) is 0 Å². The van der Waals surface area contributed by atoms with Gasteiger partial charge < -0.3 is 19.1 Å². The summed E-state index contributed by atoms with van der Waals surface area (Å²) in [5, 5.41) is 0. The van der Waals surface area contributed by atoms with Gasteiger partial charge in [-0.25, -0.2) is 0 Å². The van der Waals surface area contributed by atoms with Crippen LogP contribution < -0.4 is 14.2 Å². The molecule has 0 N–H and O–H groups in total. The first-order valence-electron chi connectivity index (χ1n) is 10.4. The minimum atomic E-state index is 0.0191. The average Bonchev–Trinajstić information content (AvgIpc) is 2.78. The third kappa shape index (κ3) is 5.03. The molecule has 5 heteroatoms. The molecule has 2 aromatic rings. The van der Waals surface area contributed by atoms with Crippen molar-refractivity contribution >= 4 is 5.91 Å². The predicted molar refractivity (Wildman–Crippen MR) is 114 cm³/mol. The number of benzene rings is 2. The van der Waals surface area contributed by atoms with Crippen molar-refractivity contribution in [2.45, 2.75) is 51.7 Å². The van der Waals surface area contributed by atoms with Crippen LogP contribution in [0, 0.1) is 0 Å². The first-order valence-corrected chi connectivity index (χ1v) is 10.4. The predicted octanol–water partition coefficient (Wildman–Crippen LogP) is 5.08. The maximum absolute atomic E-state index is 13.3. The van der Waals surface area contributed by atoms with Gasteiger partial charge in [-0.05, 0) is 37.5 Å². The zero-order valence-corrected chi connectivity index (χ0v) is 17.6. The summed E-state index contributed by atoms with van der Waals surface area (Å²) in [6, 6.07) is 13.7. The van der Waals surface area contributed by atoms with Crippen molar-refractivity contribution in [2.24, 2.45) is 0 Å². The zero-order valence-electron chi connectivity index (χ0n) is 17.6. The van der Waals surface area contributed by atoms with Crippen LogP contribution in [0.5, 0.6) is 17.2 Å². The molecule has 0 saturated heterocycles. The Kier molecular flexibility index (Phi) is 7.39. The van der Waals surface area contributed by atoms with Crippen molar-refractivity contribution in [1.29, 1.82) is 0 Å². The lowest BCUT2D eigenvalue weighted by Crippen LogP contribution is -2.41. The summed E-state index contributed by atoms with van der Waals surface area (Å²) in [5.41, 5.74) is 1.62. The Morgan fingerprint density at radius 3 is 2.17 bits per heavy atom. The van der Waals surface area contributed by atoms with Crippen LogP contribution in [0.1, 0.15) is 54.9 Å². The van der Waals surface area contributed by atoms with Crippen LogP contribution in [0.15, 0.2) is 42.5 Å². The molecule has 2 aromatic carbocycles. The summed E-state index contributed by atoms with van der Waals surface area (Å²) in [6.07, 6.45) is 5.79. The Labute approximate surface area is 173 Å². The summed E-state index contributed by atoms with van der Waals surface area (Å²) in [5.74, 6) is 1.54. The molecule has 1 aliphatic carbocycles. The van der Waals surface area contributed by atoms with E-state index in [1.54, 1.807) is 26.4 Å². The number of amides is 1. The van der Waals surface area contributed by atoms with E-state index in [-0.39, 0.29) is 5.91 Å². The lowest BCUT2D eigenvalue weighted by Gasteiger charge is -2.33. The van der Waals surface area contributed by atoms with E-state index < -0.39 is 0 Å². The molecule has 0 spiro atoms. The van der Waals surface area contributed by atoms with Crippen LogP contribution in [0.25, 0.3) is 0 Å². The molecule has 1 saturated carbocycles. The lowest BCUT2D eigenvalue weighted by atomic mass is 9.93. The Hall–Kier alpha value is -2.69. The molecule has 1 fully saturated rings. The molecule has 0 unspecified atom stereocenters. The van der Waals surface area contributed by atoms with Gasteiger partial charge >= 0.3 is 0 Å². The molecule has 0 bridgehead atoms. The molecular formula is C24H31NO4. The van der Waals surface area contributed by atoms with Gasteiger partial charge in [0, 0.05) is 18.2 Å². The standard InChI is InChI=1S/C24H31NO4/c1-4-25(20-13-9-6-10-14-20)24(26)19-15-21(27-2)23(22(16-19)28-3)29-17-18-11-7-5-8-12-18/h5,7-8,11-12,15-16,20H,4,6,9-10,13-14,17H2,1-3H3. The zero-order chi connectivity index (χ0) is 20.6. The largest absolute Gasteiger partial charge is 0.493 e. The van der Waals surface area contributed by atoms with Crippen LogP contribution >= 0.6 is 0 Å². The minimum Gasteiger partial charge on any atom is -0.493 e. The Morgan fingerprint density at radius 2 is 1.62 bits per heavy atom. The number of rotatable bonds is 8. The third-order valence-electron chi connectivity index (χ3n) is 5.55. The normalized spacial score (nSPS) is 14.3. The first kappa shape index (κ1) is 21.0. The monoisotopic (exact) mass is 397 g/mol. The highest BCUT2D eigenvalue weighted by Crippen LogP contribution is 2.39. The number of carbonyl (C=O) groups is 1. The van der Waals surface area contributed by atoms with Crippen molar-refractivity contribution in [2.75, 3.05) is 20.8 Å². The van der Waals surface area contributed by atoms with Crippen LogP contribution in [0.3, 0.4) is 0 Å². The number of hydrogen-bond acceptors (Lipinski definition) is 4. The van der Waals surface area contributed by atoms with Gasteiger partial charge in [-0.15, -0.1) is 0 Å². The molecular weight excluding hydrogens is 366 g/mol. The molecule has 1 amide bonds. The van der Waals surface area contributed by atoms with Crippen LogP contribution in [0.2, 0.25) is 0 Å². The highest BCUT2D eigenvalue weighted by molar-refractivity contribution is 5.96. The summed E-state index contributed by atoms with van der Waals surface area (Å²) in [7, 11) is 3.16. The van der Waals surface area contributed by atoms with E-state index in [0.717, 1.165) is 18.4 Å². The fourth-order valence-electron chi connectivity index (χ4n) is 4.00. The summed E-state index contributed by atoms with van der Waals surface area (Å²) in [6.45, 7) is 3.13. The van der Waals surface area contributed by atoms with Crippen molar-refractivity contribution in [3.8, 4) is 17.2 Å². The number of carbonyl (C=O) groups excluding carboxylic acids is 1. The minimum absolute atomic E-state index is 0.0191. The number of ether oxygens (including phenoxy) is 3. The second kappa shape index (κ2) is 10.2. The fraction of sp³-hybridized carbons (Fsp3) is 0.458. The van der Waals surface area contributed by atoms with E-state index in [1.807, 2.05) is 42.2 Å². The van der Waals surface area contributed by atoms with Crippen LogP contribution in [-0.4, -0.2) is 37.6 Å². The summed E-state index contributed by atoms with van der Waals surface area (Å²) >= 11 is 0. The fourth-order valence-corrected chi connectivity index (χ4v) is 4.00. The highest BCUT2D eigenvalue weighted by atomic mass is 16.5. The SMILES string of the molecule is CCN(C(=O)c1cc(OC)c(OCc2ccccc2)c(OC)c1)C1CCCCC1. The molecule has 3 rings (SSSR count). The average molecular weight is 398 g/mol. The molecule has 1 aliphatic rings. The second-order valence-corrected chi connectivity index (χ2v) is 7.37. The van der Waals surface area contributed by atoms with Gasteiger partial charge in [0.1, 0.15) is 6.61 Å². The van der Waals surface area contributed by atoms with E-state index >= 15 is 0 Å². The van der Waals surface area contributed by atoms with Gasteiger partial charge in [-0.3, -0.25) is 4.79 Å². The number of hydrogen-bond donors (Lipinski definition) is 0. The van der Waals surface area contributed by atoms with Crippen molar-refractivity contribution in [1.82, 2.24) is 4.90 Å². The molecule has 0 radical (unpaired) electrons. The van der Waals surface area contributed by atoms with Crippen LogP contribution in [0.4, 0.5) is 0 Å². The molecule has 0 aliphatic heterocycles. The Bertz CT molecular complexity index is 775. The van der Waals surface area contributed by atoms with Crippen molar-refractivity contribution < 1.29 is 19.0 Å². The second-order valence-electron chi connectivity index (χ2n) is 7.37. The van der Waals surface area contributed by atoms with E-state index in [4.69, 9.17) is 14.2 Å². The van der Waals surface area contributed by atoms with E-state index in [2.05, 4.69) is 0 Å². The van der Waals surface area contributed by atoms with Gasteiger partial charge in [-0.1, -0.05) is 49.6 Å². The maximum atomic E-state index is 13.3. The Balaban J connectivity index is 1.85. The molecule has 29 heavy (non-hydrogen) atoms. The molecule has 0 atom stereocenters. The molecule has 5 nitrogen and oxygen atoms in total. The molecule has 0 heterocycles. The molecule has 0 aromatic heterocycles. The molecule has 156 valence electrons. The third-order valence-corrected chi connectivity index (χ3v) is 5.55. The van der Waals surface area contributed by atoms with Gasteiger partial charge in [0.15, 0.2) is 11.5 Å². The first-order chi connectivity index (χ1) is 14.2. The van der Waals surface area contributed by atoms with Gasteiger partial charge in [0.25, 0.3) is 5.91 Å². The summed E-state index contributed by atoms with van der Waals surface area (Å²) in [4.78, 5) is 15.3. The number of methoxy groups -OCH3 is 2. The van der Waals surface area contributed by atoms with Crippen LogP contribution in [-0.2, 0) is 6.61 Å². The van der Waals surface area contributed by atoms with E-state index in [0.29, 0.717) is 42.0 Å². The maximum Gasteiger partial charge on any atom is 0.254 e. The lowest BCUT2D eigenvalue weighted by molar-refractivity contribution is 0.0647.